The predicted molar refractivity (Wildman–Crippen MR) is 166 cm³/mol. The van der Waals surface area contributed by atoms with Crippen molar-refractivity contribution in [3.05, 3.63) is 89.6 Å². The third-order valence-electron chi connectivity index (χ3n) is 9.09. The summed E-state index contributed by atoms with van der Waals surface area (Å²) in [6.45, 7) is 4.38. The number of rotatable bonds is 9. The minimum atomic E-state index is 0.150. The number of hydrogen-bond donors (Lipinski definition) is 0. The van der Waals surface area contributed by atoms with Crippen LogP contribution in [0.25, 0.3) is 22.0 Å². The maximum atomic E-state index is 14.4. The van der Waals surface area contributed by atoms with Crippen molar-refractivity contribution in [1.29, 1.82) is 0 Å². The largest absolute Gasteiger partial charge is 0.454 e. The van der Waals surface area contributed by atoms with E-state index in [4.69, 9.17) is 14.5 Å². The SMILES string of the molecule is O=C(c1cc(CCCCc2ccccc2)nc2ccc(-c3ccc4c(c3)OCO4)cc12)N1CCC[C@H]1CN1CCCC1. The topological polar surface area (TPSA) is 54.9 Å². The quantitative estimate of drug-likeness (QED) is 0.208. The number of benzene rings is 3. The van der Waals surface area contributed by atoms with Crippen LogP contribution < -0.4 is 9.47 Å². The molecule has 3 aliphatic heterocycles. The Morgan fingerprint density at radius 3 is 2.48 bits per heavy atom. The molecule has 0 N–H and O–H groups in total. The first-order chi connectivity index (χ1) is 20.7. The molecule has 2 saturated heterocycles. The van der Waals surface area contributed by atoms with Gasteiger partial charge in [-0.2, -0.15) is 0 Å². The molecule has 6 heteroatoms. The van der Waals surface area contributed by atoms with Gasteiger partial charge in [-0.15, -0.1) is 0 Å². The van der Waals surface area contributed by atoms with E-state index >= 15 is 0 Å². The van der Waals surface area contributed by atoms with Crippen molar-refractivity contribution in [3.63, 3.8) is 0 Å². The van der Waals surface area contributed by atoms with Gasteiger partial charge in [0.15, 0.2) is 11.5 Å². The van der Waals surface area contributed by atoms with Crippen LogP contribution in [0.2, 0.25) is 0 Å². The summed E-state index contributed by atoms with van der Waals surface area (Å²) in [5, 5.41) is 0.926. The van der Waals surface area contributed by atoms with Crippen LogP contribution in [-0.2, 0) is 12.8 Å². The second-order valence-electron chi connectivity index (χ2n) is 12.0. The molecule has 0 spiro atoms. The number of amides is 1. The molecular weight excluding hydrogens is 522 g/mol. The molecule has 0 radical (unpaired) electrons. The van der Waals surface area contributed by atoms with Crippen molar-refractivity contribution in [3.8, 4) is 22.6 Å². The van der Waals surface area contributed by atoms with Gasteiger partial charge in [-0.3, -0.25) is 9.78 Å². The normalized spacial score (nSPS) is 18.3. The summed E-state index contributed by atoms with van der Waals surface area (Å²) < 4.78 is 11.2. The summed E-state index contributed by atoms with van der Waals surface area (Å²) in [5.74, 6) is 1.68. The highest BCUT2D eigenvalue weighted by atomic mass is 16.7. The first-order valence-electron chi connectivity index (χ1n) is 15.6. The van der Waals surface area contributed by atoms with Gasteiger partial charge in [0.1, 0.15) is 0 Å². The lowest BCUT2D eigenvalue weighted by molar-refractivity contribution is 0.0710. The summed E-state index contributed by atoms with van der Waals surface area (Å²) in [4.78, 5) is 24.1. The third kappa shape index (κ3) is 5.73. The molecule has 7 rings (SSSR count). The minimum absolute atomic E-state index is 0.150. The zero-order valence-electron chi connectivity index (χ0n) is 24.3. The van der Waals surface area contributed by atoms with Crippen molar-refractivity contribution in [2.75, 3.05) is 33.0 Å². The van der Waals surface area contributed by atoms with Crippen molar-refractivity contribution >= 4 is 16.8 Å². The van der Waals surface area contributed by atoms with Gasteiger partial charge in [0.25, 0.3) is 5.91 Å². The smallest absolute Gasteiger partial charge is 0.254 e. The molecule has 216 valence electrons. The highest BCUT2D eigenvalue weighted by molar-refractivity contribution is 6.07. The zero-order valence-corrected chi connectivity index (χ0v) is 24.3. The standard InChI is InChI=1S/C36H39N3O3/c40-36(39-20-8-13-30(39)24-38-18-6-7-19-38)32-23-29(12-5-4-11-26-9-2-1-3-10-26)37-33-16-14-27(21-31(32)33)28-15-17-34-35(22-28)42-25-41-34/h1-3,9-10,14-17,21-23,30H,4-8,11-13,18-20,24-25H2/t30-/m0/s1. The molecule has 1 atom stereocenters. The number of nitrogens with zero attached hydrogens (tertiary/aromatic N) is 3. The number of ether oxygens (including phenoxy) is 2. The average molecular weight is 562 g/mol. The zero-order chi connectivity index (χ0) is 28.3. The summed E-state index contributed by atoms with van der Waals surface area (Å²) in [7, 11) is 0. The lowest BCUT2D eigenvalue weighted by atomic mass is 9.98. The van der Waals surface area contributed by atoms with E-state index in [0.717, 1.165) is 109 Å². The van der Waals surface area contributed by atoms with E-state index < -0.39 is 0 Å². The van der Waals surface area contributed by atoms with E-state index in [-0.39, 0.29) is 18.7 Å². The molecule has 2 fully saturated rings. The molecule has 0 aliphatic carbocycles. The van der Waals surface area contributed by atoms with Crippen LogP contribution in [-0.4, -0.2) is 59.7 Å². The second kappa shape index (κ2) is 12.1. The number of carbonyl (C=O) groups excluding carboxylic acids is 1. The Hall–Kier alpha value is -3.90. The fourth-order valence-corrected chi connectivity index (χ4v) is 6.83. The molecule has 0 unspecified atom stereocenters. The van der Waals surface area contributed by atoms with Gasteiger partial charge in [0.05, 0.1) is 11.1 Å². The van der Waals surface area contributed by atoms with Crippen LogP contribution in [0.5, 0.6) is 11.5 Å². The Kier molecular flexibility index (Phi) is 7.80. The van der Waals surface area contributed by atoms with Crippen LogP contribution >= 0.6 is 0 Å². The molecular formula is C36H39N3O3. The van der Waals surface area contributed by atoms with Crippen LogP contribution in [0, 0.1) is 0 Å². The summed E-state index contributed by atoms with van der Waals surface area (Å²) in [6.07, 6.45) is 8.76. The van der Waals surface area contributed by atoms with Gasteiger partial charge in [-0.05, 0) is 111 Å². The van der Waals surface area contributed by atoms with Crippen LogP contribution in [0.1, 0.15) is 60.1 Å². The van der Waals surface area contributed by atoms with E-state index in [1.807, 2.05) is 12.1 Å². The Bertz CT molecular complexity index is 1560. The lowest BCUT2D eigenvalue weighted by Gasteiger charge is -2.29. The molecule has 6 nitrogen and oxygen atoms in total. The molecule has 4 aromatic rings. The Labute approximate surface area is 248 Å². The molecule has 0 bridgehead atoms. The second-order valence-corrected chi connectivity index (χ2v) is 12.0. The molecule has 1 amide bonds. The molecule has 0 saturated carbocycles. The highest BCUT2D eigenvalue weighted by Gasteiger charge is 2.32. The first kappa shape index (κ1) is 27.0. The number of carbonyl (C=O) groups is 1. The Morgan fingerprint density at radius 1 is 0.810 bits per heavy atom. The Balaban J connectivity index is 1.19. The van der Waals surface area contributed by atoms with Gasteiger partial charge in [0.2, 0.25) is 6.79 Å². The van der Waals surface area contributed by atoms with E-state index in [2.05, 4.69) is 70.5 Å². The van der Waals surface area contributed by atoms with Gasteiger partial charge in [-0.1, -0.05) is 42.5 Å². The number of unbranched alkanes of at least 4 members (excludes halogenated alkanes) is 1. The minimum Gasteiger partial charge on any atom is -0.454 e. The van der Waals surface area contributed by atoms with Crippen LogP contribution in [0.4, 0.5) is 0 Å². The summed E-state index contributed by atoms with van der Waals surface area (Å²) >= 11 is 0. The fourth-order valence-electron chi connectivity index (χ4n) is 6.83. The summed E-state index contributed by atoms with van der Waals surface area (Å²) in [6, 6.07) is 25.4. The van der Waals surface area contributed by atoms with E-state index in [1.165, 1.54) is 18.4 Å². The monoisotopic (exact) mass is 561 g/mol. The number of hydrogen-bond acceptors (Lipinski definition) is 5. The predicted octanol–water partition coefficient (Wildman–Crippen LogP) is 6.90. The van der Waals surface area contributed by atoms with Crippen LogP contribution in [0.3, 0.4) is 0 Å². The lowest BCUT2D eigenvalue weighted by Crippen LogP contribution is -2.42. The molecule has 1 aromatic heterocycles. The van der Waals surface area contributed by atoms with E-state index in [0.29, 0.717) is 0 Å². The maximum Gasteiger partial charge on any atom is 0.254 e. The van der Waals surface area contributed by atoms with Crippen molar-refractivity contribution in [2.24, 2.45) is 0 Å². The molecule has 4 heterocycles. The summed E-state index contributed by atoms with van der Waals surface area (Å²) in [5.41, 5.74) is 6.13. The number of aromatic nitrogens is 1. The fraction of sp³-hybridized carbons (Fsp3) is 0.389. The molecule has 42 heavy (non-hydrogen) atoms. The highest BCUT2D eigenvalue weighted by Crippen LogP contribution is 2.37. The van der Waals surface area contributed by atoms with E-state index in [9.17, 15) is 4.79 Å². The molecule has 3 aliphatic rings. The maximum absolute atomic E-state index is 14.4. The van der Waals surface area contributed by atoms with Gasteiger partial charge >= 0.3 is 0 Å². The molecule has 3 aromatic carbocycles. The average Bonchev–Trinajstić information content (AvgIpc) is 3.82. The van der Waals surface area contributed by atoms with Crippen LogP contribution in [0.15, 0.2) is 72.8 Å². The first-order valence-corrected chi connectivity index (χ1v) is 15.6. The number of aryl methyl sites for hydroxylation is 2. The van der Waals surface area contributed by atoms with Gasteiger partial charge < -0.3 is 19.3 Å². The van der Waals surface area contributed by atoms with Gasteiger partial charge in [0, 0.05) is 30.2 Å². The van der Waals surface area contributed by atoms with Gasteiger partial charge in [-0.25, -0.2) is 0 Å². The van der Waals surface area contributed by atoms with E-state index in [1.54, 1.807) is 0 Å². The van der Waals surface area contributed by atoms with Crippen molar-refractivity contribution in [2.45, 2.75) is 57.4 Å². The number of pyridine rings is 1. The van der Waals surface area contributed by atoms with Crippen molar-refractivity contribution in [1.82, 2.24) is 14.8 Å². The Morgan fingerprint density at radius 2 is 1.60 bits per heavy atom. The number of fused-ring (bicyclic) bond motifs is 2. The van der Waals surface area contributed by atoms with Crippen molar-refractivity contribution < 1.29 is 14.3 Å². The third-order valence-corrected chi connectivity index (χ3v) is 9.09. The number of likely N-dealkylation sites (tertiary alicyclic amines) is 2.